The predicted molar refractivity (Wildman–Crippen MR) is 211 cm³/mol. The molecule has 1 aliphatic rings. The van der Waals surface area contributed by atoms with E-state index in [0.29, 0.717) is 17.7 Å². The van der Waals surface area contributed by atoms with Crippen LogP contribution in [0.5, 0.6) is 0 Å². The van der Waals surface area contributed by atoms with E-state index < -0.39 is 13.6 Å². The van der Waals surface area contributed by atoms with Crippen molar-refractivity contribution in [1.82, 2.24) is 19.5 Å². The summed E-state index contributed by atoms with van der Waals surface area (Å²) < 4.78 is 6.22. The summed E-state index contributed by atoms with van der Waals surface area (Å²) in [7, 11) is 0. The number of halogens is 6. The number of hydrogen-bond donors (Lipinski definition) is 0. The minimum Gasteiger partial charge on any atom is -0.458 e. The van der Waals surface area contributed by atoms with Crippen LogP contribution >= 0.6 is 69.6 Å². The second-order valence-electron chi connectivity index (χ2n) is 11.6. The number of esters is 1. The van der Waals surface area contributed by atoms with Crippen LogP contribution in [0.4, 0.5) is 11.4 Å². The Morgan fingerprint density at radius 3 is 1.90 bits per heavy atom. The van der Waals surface area contributed by atoms with Gasteiger partial charge in [-0.25, -0.2) is 28.9 Å². The van der Waals surface area contributed by atoms with Gasteiger partial charge in [0.2, 0.25) is 7.59 Å². The molecule has 0 amide bonds. The van der Waals surface area contributed by atoms with Crippen LogP contribution in [-0.2, 0) is 25.4 Å². The number of hydrogen-bond acceptors (Lipinski definition) is 7. The molecule has 3 heterocycles. The van der Waals surface area contributed by atoms with Crippen molar-refractivity contribution in [2.45, 2.75) is 41.4 Å². The Hall–Kier alpha value is -3.57. The number of aromatic nitrogens is 5. The molecule has 15 heteroatoms. The van der Waals surface area contributed by atoms with Gasteiger partial charge < -0.3 is 14.5 Å². The number of para-hydroxylation sites is 4. The second-order valence-corrected chi connectivity index (χ2v) is 16.2. The quantitative estimate of drug-likeness (QED) is 0.0789. The van der Waals surface area contributed by atoms with Crippen molar-refractivity contribution in [3.8, 4) is 11.4 Å². The van der Waals surface area contributed by atoms with Gasteiger partial charge in [-0.15, -0.1) is 0 Å². The number of rotatable bonds is 10. The molecule has 9 nitrogen and oxygen atoms in total. The zero-order valence-electron chi connectivity index (χ0n) is 28.4. The molecule has 0 spiro atoms. The normalized spacial score (nSPS) is 13.4. The van der Waals surface area contributed by atoms with Gasteiger partial charge in [-0.3, -0.25) is 0 Å². The minimum atomic E-state index is -1.99. The van der Waals surface area contributed by atoms with Crippen LogP contribution in [0, 0.1) is 0 Å². The summed E-state index contributed by atoms with van der Waals surface area (Å²) in [6, 6.07) is 23.1. The fourth-order valence-corrected chi connectivity index (χ4v) is 6.77. The van der Waals surface area contributed by atoms with Crippen molar-refractivity contribution >= 4 is 104 Å². The lowest BCUT2D eigenvalue weighted by Crippen LogP contribution is -2.39. The lowest BCUT2D eigenvalue weighted by atomic mass is 10.1. The summed E-state index contributed by atoms with van der Waals surface area (Å²) in [5.41, 5.74) is 5.34. The van der Waals surface area contributed by atoms with Gasteiger partial charge in [0.05, 0.1) is 23.5 Å². The van der Waals surface area contributed by atoms with Gasteiger partial charge in [0.15, 0.2) is 28.5 Å². The largest absolute Gasteiger partial charge is 0.458 e. The topological polar surface area (TPSA) is 80.3 Å². The number of nitrogens with zero attached hydrogens (tertiary/aromatic N) is 7. The fraction of sp³-hybridized carbons (Fsp3) is 0.270. The van der Waals surface area contributed by atoms with E-state index in [-0.39, 0.29) is 24.1 Å². The van der Waals surface area contributed by atoms with E-state index in [9.17, 15) is 4.79 Å². The minimum absolute atomic E-state index is 0.0970. The first-order valence-electron chi connectivity index (χ1n) is 16.6. The van der Waals surface area contributed by atoms with Gasteiger partial charge in [-0.05, 0) is 63.2 Å². The molecule has 0 saturated heterocycles. The molecule has 6 rings (SSSR count). The molecule has 52 heavy (non-hydrogen) atoms. The van der Waals surface area contributed by atoms with Crippen molar-refractivity contribution in [3.05, 3.63) is 114 Å². The first-order valence-corrected chi connectivity index (χ1v) is 18.8. The molecule has 0 atom stereocenters. The van der Waals surface area contributed by atoms with E-state index in [4.69, 9.17) is 74.3 Å². The number of ether oxygens (including phenoxy) is 1. The summed E-state index contributed by atoms with van der Waals surface area (Å²) in [5, 5.41) is 0. The zero-order chi connectivity index (χ0) is 37.2. The molecule has 2 aromatic heterocycles. The highest BCUT2D eigenvalue weighted by molar-refractivity contribution is 6.67. The number of carbonyl (C=O) groups excluding carboxylic acids is 1. The van der Waals surface area contributed by atoms with Crippen LogP contribution in [0.15, 0.2) is 90.8 Å². The lowest BCUT2D eigenvalue weighted by molar-refractivity contribution is -0.675. The van der Waals surface area contributed by atoms with Crippen molar-refractivity contribution in [2.24, 2.45) is 0 Å². The van der Waals surface area contributed by atoms with Crippen LogP contribution < -0.4 is 14.4 Å². The van der Waals surface area contributed by atoms with Gasteiger partial charge >= 0.3 is 5.97 Å². The number of imidazole rings is 1. The summed E-state index contributed by atoms with van der Waals surface area (Å²) in [6.07, 6.45) is 6.37. The lowest BCUT2D eigenvalue weighted by Gasteiger charge is -2.23. The standard InChI is InChI=1S/C37H34Cl6N7O2/c1-4-47-26-12-7-8-13-27(26)48(5-2)30(47)16-11-17-31-49(6-3)28-14-9-10-15-29(28)50(31)22-23-52-33(51)25-20-18-24(19-21-25)32-44-34(36(38,39)40)46-35(45-32)37(41,42)43/h7-21H,4-6,22-23H2,1-3H3/q+1. The molecule has 0 N–H and O–H groups in total. The fourth-order valence-electron chi connectivity index (χ4n) is 6.27. The van der Waals surface area contributed by atoms with Gasteiger partial charge in [0.1, 0.15) is 19.0 Å². The second kappa shape index (κ2) is 15.8. The van der Waals surface area contributed by atoms with Crippen LogP contribution in [-0.4, -0.2) is 45.2 Å². The van der Waals surface area contributed by atoms with Crippen molar-refractivity contribution in [2.75, 3.05) is 29.5 Å². The zero-order valence-corrected chi connectivity index (χ0v) is 32.9. The van der Waals surface area contributed by atoms with E-state index in [2.05, 4.69) is 109 Å². The summed E-state index contributed by atoms with van der Waals surface area (Å²) >= 11 is 36.1. The van der Waals surface area contributed by atoms with E-state index in [1.807, 2.05) is 12.1 Å². The number of anilines is 2. The molecule has 0 bridgehead atoms. The Morgan fingerprint density at radius 2 is 1.35 bits per heavy atom. The Bertz CT molecular complexity index is 2090. The van der Waals surface area contributed by atoms with Crippen molar-refractivity contribution in [1.29, 1.82) is 0 Å². The molecular weight excluding hydrogens is 787 g/mol. The summed E-state index contributed by atoms with van der Waals surface area (Å²) in [4.78, 5) is 30.3. The number of aryl methyl sites for hydroxylation is 1. The smallest absolute Gasteiger partial charge is 0.338 e. The highest BCUT2D eigenvalue weighted by atomic mass is 35.6. The van der Waals surface area contributed by atoms with Crippen LogP contribution in [0.25, 0.3) is 28.5 Å². The summed E-state index contributed by atoms with van der Waals surface area (Å²) in [5.74, 6) is 1.29. The Morgan fingerprint density at radius 1 is 0.769 bits per heavy atom. The molecule has 0 aliphatic carbocycles. The molecule has 270 valence electrons. The third kappa shape index (κ3) is 7.86. The molecule has 0 radical (unpaired) electrons. The molecule has 0 saturated carbocycles. The maximum Gasteiger partial charge on any atom is 0.338 e. The Balaban J connectivity index is 1.22. The average Bonchev–Trinajstić information content (AvgIpc) is 3.61. The third-order valence-corrected chi connectivity index (χ3v) is 9.56. The SMILES string of the molecule is CCN1C(=CC=Cc2n(CC)c3ccccc3[n+]2CCOC(=O)c2ccc(-c3nc(C(Cl)(Cl)Cl)nc(C(Cl)(Cl)Cl)n3)cc2)N(CC)c2ccccc21. The van der Waals surface area contributed by atoms with Crippen LogP contribution in [0.3, 0.4) is 0 Å². The summed E-state index contributed by atoms with van der Waals surface area (Å²) in [6.45, 7) is 9.48. The molecule has 3 aromatic carbocycles. The monoisotopic (exact) mass is 818 g/mol. The number of alkyl halides is 6. The van der Waals surface area contributed by atoms with E-state index in [0.717, 1.165) is 42.3 Å². The first kappa shape index (κ1) is 38.2. The van der Waals surface area contributed by atoms with E-state index in [1.165, 1.54) is 11.4 Å². The van der Waals surface area contributed by atoms with Crippen molar-refractivity contribution in [3.63, 3.8) is 0 Å². The maximum absolute atomic E-state index is 13.2. The van der Waals surface area contributed by atoms with Gasteiger partial charge in [0.25, 0.3) is 5.82 Å². The predicted octanol–water partition coefficient (Wildman–Crippen LogP) is 9.53. The van der Waals surface area contributed by atoms with Gasteiger partial charge in [0, 0.05) is 24.7 Å². The number of fused-ring (bicyclic) bond motifs is 2. The van der Waals surface area contributed by atoms with Gasteiger partial charge in [-0.1, -0.05) is 112 Å². The maximum atomic E-state index is 13.2. The highest BCUT2D eigenvalue weighted by Gasteiger charge is 2.34. The van der Waals surface area contributed by atoms with E-state index in [1.54, 1.807) is 24.3 Å². The molecule has 0 unspecified atom stereocenters. The number of allylic oxidation sites excluding steroid dienone is 2. The molecule has 1 aliphatic heterocycles. The number of carbonyl (C=O) groups is 1. The molecular formula is C37H34Cl6N7O2+. The van der Waals surface area contributed by atoms with Crippen LogP contribution in [0.1, 0.15) is 48.6 Å². The molecule has 0 fully saturated rings. The first-order chi connectivity index (χ1) is 24.8. The number of benzene rings is 3. The third-order valence-electron chi connectivity index (χ3n) is 8.54. The Labute approximate surface area is 331 Å². The van der Waals surface area contributed by atoms with Crippen molar-refractivity contribution < 1.29 is 14.1 Å². The highest BCUT2D eigenvalue weighted by Crippen LogP contribution is 2.42. The van der Waals surface area contributed by atoms with Gasteiger partial charge in [-0.2, -0.15) is 0 Å². The molecule has 5 aromatic rings. The average molecular weight is 821 g/mol. The van der Waals surface area contributed by atoms with Crippen LogP contribution in [0.2, 0.25) is 0 Å². The Kier molecular flexibility index (Phi) is 11.6. The van der Waals surface area contributed by atoms with E-state index >= 15 is 0 Å².